The Morgan fingerprint density at radius 2 is 1.53 bits per heavy atom. The van der Waals surface area contributed by atoms with Crippen LogP contribution >= 0.6 is 0 Å². The normalized spacial score (nSPS) is 15.5. The Kier molecular flexibility index (Phi) is 4.57. The highest BCUT2D eigenvalue weighted by atomic mass is 19.3. The quantitative estimate of drug-likeness (QED) is 0.512. The van der Waals surface area contributed by atoms with Crippen LogP contribution in [0, 0.1) is 0 Å². The lowest BCUT2D eigenvalue weighted by Crippen LogP contribution is -2.53. The summed E-state index contributed by atoms with van der Waals surface area (Å²) in [5.41, 5.74) is 0. The number of hydrogen-bond donors (Lipinski definition) is 0. The first kappa shape index (κ1) is 14.2. The van der Waals surface area contributed by atoms with Gasteiger partial charge in [0.15, 0.2) is 0 Å². The van der Waals surface area contributed by atoms with Gasteiger partial charge in [-0.1, -0.05) is 6.08 Å². The average Bonchev–Trinajstić information content (AvgIpc) is 2.13. The summed E-state index contributed by atoms with van der Waals surface area (Å²) in [5, 5.41) is 0. The van der Waals surface area contributed by atoms with Crippen molar-refractivity contribution in [3.05, 3.63) is 12.7 Å². The second kappa shape index (κ2) is 4.82. The maximum absolute atomic E-state index is 12.4. The van der Waals surface area contributed by atoms with Crippen molar-refractivity contribution in [2.75, 3.05) is 6.61 Å². The van der Waals surface area contributed by atoms with E-state index in [0.717, 1.165) is 6.08 Å². The minimum absolute atomic E-state index is 0.796. The maximum Gasteiger partial charge on any atom is 0.374 e. The highest BCUT2D eigenvalue weighted by Gasteiger charge is 2.68. The third-order valence-electron chi connectivity index (χ3n) is 1.36. The van der Waals surface area contributed by atoms with Crippen molar-refractivity contribution in [3.8, 4) is 0 Å². The summed E-state index contributed by atoms with van der Waals surface area (Å²) in [6, 6.07) is 0. The van der Waals surface area contributed by atoms with E-state index in [-0.39, 0.29) is 0 Å². The molecule has 1 unspecified atom stereocenters. The fraction of sp³-hybridized carbons (Fsp3) is 0.714. The molecule has 0 saturated heterocycles. The molecule has 0 amide bonds. The molecule has 0 aromatic heterocycles. The molecule has 0 heterocycles. The van der Waals surface area contributed by atoms with Gasteiger partial charge in [-0.25, -0.2) is 13.2 Å². The van der Waals surface area contributed by atoms with Gasteiger partial charge in [0.25, 0.3) is 6.36 Å². The molecule has 1 nitrogen and oxygen atoms in total. The first-order chi connectivity index (χ1) is 6.67. The van der Waals surface area contributed by atoms with Gasteiger partial charge in [-0.05, 0) is 0 Å². The molecule has 0 radical (unpaired) electrons. The summed E-state index contributed by atoms with van der Waals surface area (Å²) in [6.45, 7) is 2.14. The number of ether oxygens (including phenoxy) is 1. The molecule has 0 bridgehead atoms. The molecule has 0 fully saturated rings. The maximum atomic E-state index is 12.4. The summed E-state index contributed by atoms with van der Waals surface area (Å²) in [7, 11) is 0. The number of rotatable bonds is 6. The van der Waals surface area contributed by atoms with E-state index < -0.39 is 31.2 Å². The van der Waals surface area contributed by atoms with Gasteiger partial charge < -0.3 is 4.74 Å². The lowest BCUT2D eigenvalue weighted by Gasteiger charge is -2.27. The van der Waals surface area contributed by atoms with Gasteiger partial charge in [-0.15, -0.1) is 6.58 Å². The Hall–Kier alpha value is -0.790. The minimum atomic E-state index is -5.78. The van der Waals surface area contributed by atoms with Gasteiger partial charge >= 0.3 is 18.3 Å². The van der Waals surface area contributed by atoms with Crippen LogP contribution in [0.1, 0.15) is 0 Å². The van der Waals surface area contributed by atoms with Gasteiger partial charge in [0, 0.05) is 0 Å². The molecule has 0 aliphatic rings. The molecule has 0 aromatic rings. The van der Waals surface area contributed by atoms with E-state index in [1.54, 1.807) is 0 Å². The van der Waals surface area contributed by atoms with Crippen molar-refractivity contribution in [1.29, 1.82) is 0 Å². The van der Waals surface area contributed by atoms with Crippen molar-refractivity contribution >= 4 is 0 Å². The molecule has 0 aromatic carbocycles. The Bertz CT molecular complexity index is 215. The zero-order valence-electron chi connectivity index (χ0n) is 7.20. The van der Waals surface area contributed by atoms with Gasteiger partial charge in [0.1, 0.15) is 0 Å². The summed E-state index contributed by atoms with van der Waals surface area (Å²) in [4.78, 5) is 0. The van der Waals surface area contributed by atoms with Crippen LogP contribution in [0.2, 0.25) is 0 Å². The fourth-order valence-corrected chi connectivity index (χ4v) is 0.554. The van der Waals surface area contributed by atoms with E-state index in [1.165, 1.54) is 0 Å². The van der Waals surface area contributed by atoms with Crippen LogP contribution in [0.4, 0.5) is 30.7 Å². The monoisotopic (exact) mass is 240 g/mol. The molecular weight excluding hydrogens is 233 g/mol. The fourth-order valence-electron chi connectivity index (χ4n) is 0.554. The topological polar surface area (TPSA) is 9.23 Å². The van der Waals surface area contributed by atoms with Crippen molar-refractivity contribution in [2.24, 2.45) is 0 Å². The summed E-state index contributed by atoms with van der Waals surface area (Å²) < 4.78 is 88.1. The van der Waals surface area contributed by atoms with E-state index in [4.69, 9.17) is 0 Å². The zero-order chi connectivity index (χ0) is 12.3. The molecular formula is C7H7F7O. The van der Waals surface area contributed by atoms with Gasteiger partial charge in [-0.2, -0.15) is 17.6 Å². The number of hydrogen-bond acceptors (Lipinski definition) is 1. The smallest absolute Gasteiger partial charge is 0.339 e. The highest BCUT2D eigenvalue weighted by Crippen LogP contribution is 2.42. The van der Waals surface area contributed by atoms with Crippen LogP contribution in [-0.4, -0.2) is 31.2 Å². The van der Waals surface area contributed by atoms with Crippen molar-refractivity contribution in [3.63, 3.8) is 0 Å². The first-order valence-electron chi connectivity index (χ1n) is 3.58. The van der Waals surface area contributed by atoms with Crippen LogP contribution in [0.3, 0.4) is 0 Å². The zero-order valence-corrected chi connectivity index (χ0v) is 7.20. The molecule has 0 saturated carbocycles. The third-order valence-corrected chi connectivity index (χ3v) is 1.36. The summed E-state index contributed by atoms with van der Waals surface area (Å²) in [5.74, 6) is -11.4. The van der Waals surface area contributed by atoms with Crippen LogP contribution in [0.25, 0.3) is 0 Å². The van der Waals surface area contributed by atoms with Gasteiger partial charge in [0.2, 0.25) is 0 Å². The molecule has 0 spiro atoms. The van der Waals surface area contributed by atoms with E-state index in [9.17, 15) is 30.7 Å². The lowest BCUT2D eigenvalue weighted by molar-refractivity contribution is -0.323. The molecule has 1 atom stereocenters. The van der Waals surface area contributed by atoms with Crippen LogP contribution < -0.4 is 0 Å². The molecule has 0 N–H and O–H groups in total. The minimum Gasteiger partial charge on any atom is -0.339 e. The Morgan fingerprint density at radius 3 is 1.87 bits per heavy atom. The Labute approximate surface area is 80.5 Å². The lowest BCUT2D eigenvalue weighted by atomic mass is 10.2. The van der Waals surface area contributed by atoms with Gasteiger partial charge in [0.05, 0.1) is 6.61 Å². The summed E-state index contributed by atoms with van der Waals surface area (Å²) in [6.07, 6.45) is -7.69. The molecule has 0 aliphatic carbocycles. The Morgan fingerprint density at radius 1 is 1.07 bits per heavy atom. The standard InChI is InChI=1S/C7H7F7O/c1-2-3-15-5(10)7(13,14)6(11,12)4(8)9/h2,4-5H,1,3H2. The van der Waals surface area contributed by atoms with Crippen LogP contribution in [0.5, 0.6) is 0 Å². The molecule has 8 heteroatoms. The molecule has 90 valence electrons. The van der Waals surface area contributed by atoms with E-state index in [0.29, 0.717) is 0 Å². The van der Waals surface area contributed by atoms with Gasteiger partial charge in [-0.3, -0.25) is 0 Å². The summed E-state index contributed by atoms with van der Waals surface area (Å²) >= 11 is 0. The Balaban J connectivity index is 4.70. The predicted molar refractivity (Wildman–Crippen MR) is 36.9 cm³/mol. The average molecular weight is 240 g/mol. The first-order valence-corrected chi connectivity index (χ1v) is 3.58. The van der Waals surface area contributed by atoms with Crippen molar-refractivity contribution < 1.29 is 35.5 Å². The number of halogens is 7. The van der Waals surface area contributed by atoms with Crippen LogP contribution in [-0.2, 0) is 4.74 Å². The van der Waals surface area contributed by atoms with E-state index in [2.05, 4.69) is 11.3 Å². The predicted octanol–water partition coefficient (Wildman–Crippen LogP) is 3.02. The highest BCUT2D eigenvalue weighted by molar-refractivity contribution is 4.89. The van der Waals surface area contributed by atoms with E-state index >= 15 is 0 Å². The number of alkyl halides is 7. The largest absolute Gasteiger partial charge is 0.374 e. The SMILES string of the molecule is C=CCOC(F)C(F)(F)C(F)(F)C(F)F. The second-order valence-corrected chi connectivity index (χ2v) is 2.48. The molecule has 0 aliphatic heterocycles. The van der Waals surface area contributed by atoms with E-state index in [1.807, 2.05) is 0 Å². The van der Waals surface area contributed by atoms with Crippen molar-refractivity contribution in [1.82, 2.24) is 0 Å². The van der Waals surface area contributed by atoms with Crippen molar-refractivity contribution in [2.45, 2.75) is 24.6 Å². The third kappa shape index (κ3) is 2.83. The molecule has 15 heavy (non-hydrogen) atoms. The second-order valence-electron chi connectivity index (χ2n) is 2.48. The molecule has 0 rings (SSSR count). The van der Waals surface area contributed by atoms with Crippen LogP contribution in [0.15, 0.2) is 12.7 Å².